The van der Waals surface area contributed by atoms with Gasteiger partial charge < -0.3 is 49.2 Å². The van der Waals surface area contributed by atoms with E-state index < -0.39 is 46.4 Å². The fraction of sp³-hybridized carbons (Fsp3) is 0.655. The van der Waals surface area contributed by atoms with Gasteiger partial charge in [0.05, 0.1) is 43.0 Å². The van der Waals surface area contributed by atoms with Crippen molar-refractivity contribution >= 4 is 23.6 Å². The summed E-state index contributed by atoms with van der Waals surface area (Å²) in [4.78, 5) is 46.9. The molecule has 5 rings (SSSR count). The second-order valence-electron chi connectivity index (χ2n) is 20.1. The number of nitro benzene ring substituents is 1. The number of nitro groups is 1. The van der Waals surface area contributed by atoms with E-state index in [-0.39, 0.29) is 75.9 Å². The zero-order chi connectivity index (χ0) is 51.9. The number of oxime groups is 1. The number of aliphatic hydroxyl groups excluding tert-OH is 3. The molecular weight excluding hydrogens is 925 g/mol. The van der Waals surface area contributed by atoms with Gasteiger partial charge in [0, 0.05) is 56.3 Å². The highest BCUT2D eigenvalue weighted by molar-refractivity contribution is 6.03. The predicted octanol–water partition coefficient (Wildman–Crippen LogP) is 10.5. The Hall–Kier alpha value is -5.07. The number of carbonyl (C=O) groups is 2. The van der Waals surface area contributed by atoms with Crippen molar-refractivity contribution in [1.82, 2.24) is 10.2 Å². The molecule has 1 aliphatic heterocycles. The zero-order valence-corrected chi connectivity index (χ0v) is 43.2. The molecule has 0 bridgehead atoms. The molecule has 4 N–H and O–H groups in total. The highest BCUT2D eigenvalue weighted by atomic mass is 16.7. The van der Waals surface area contributed by atoms with E-state index in [0.717, 1.165) is 43.2 Å². The summed E-state index contributed by atoms with van der Waals surface area (Å²) in [7, 11) is 0. The smallest absolute Gasteiger partial charge is 0.415 e. The van der Waals surface area contributed by atoms with Crippen LogP contribution in [0.15, 0.2) is 71.9 Å². The minimum Gasteiger partial charge on any atom is -0.459 e. The van der Waals surface area contributed by atoms with E-state index in [0.29, 0.717) is 49.4 Å². The van der Waals surface area contributed by atoms with Crippen LogP contribution in [0, 0.1) is 27.9 Å². The molecule has 2 aliphatic carbocycles. The Kier molecular flexibility index (Phi) is 23.8. The maximum atomic E-state index is 14.8. The molecule has 1 saturated carbocycles. The number of fused-ring (bicyclic) bond motifs is 2. The van der Waals surface area contributed by atoms with E-state index in [1.807, 2.05) is 26.8 Å². The third-order valence-corrected chi connectivity index (χ3v) is 13.7. The van der Waals surface area contributed by atoms with Gasteiger partial charge in [-0.3, -0.25) is 15.0 Å². The molecule has 0 aromatic heterocycles. The first-order valence-electron chi connectivity index (χ1n) is 26.4. The van der Waals surface area contributed by atoms with Gasteiger partial charge in [0.25, 0.3) is 5.69 Å². The van der Waals surface area contributed by atoms with Gasteiger partial charge in [-0.15, -0.1) is 6.58 Å². The van der Waals surface area contributed by atoms with Crippen molar-refractivity contribution in [2.45, 2.75) is 160 Å². The van der Waals surface area contributed by atoms with Gasteiger partial charge in [-0.05, 0) is 101 Å². The Labute approximate surface area is 426 Å². The number of unbranched alkanes of at least 4 members (excludes halogenated alkanes) is 11. The van der Waals surface area contributed by atoms with Crippen LogP contribution in [0.4, 0.5) is 15.3 Å². The first kappa shape index (κ1) is 57.8. The van der Waals surface area contributed by atoms with Crippen LogP contribution in [-0.2, 0) is 14.3 Å². The summed E-state index contributed by atoms with van der Waals surface area (Å²) >= 11 is 0. The maximum Gasteiger partial charge on any atom is 0.415 e. The molecule has 3 aliphatic rings. The Morgan fingerprint density at radius 3 is 2.19 bits per heavy atom. The molecule has 1 fully saturated rings. The predicted molar refractivity (Wildman–Crippen MR) is 275 cm³/mol. The Morgan fingerprint density at radius 2 is 1.56 bits per heavy atom. The fourth-order valence-electron chi connectivity index (χ4n) is 10.3. The number of aliphatic hydroxyl groups is 3. The summed E-state index contributed by atoms with van der Waals surface area (Å²) in [6.45, 7) is 12.2. The monoisotopic (exact) mass is 1010 g/mol. The molecule has 2 aromatic rings. The molecule has 72 heavy (non-hydrogen) atoms. The topological polar surface area (TPSA) is 221 Å². The number of non-ortho nitro benzene ring substituents is 1. The van der Waals surface area contributed by atoms with Crippen LogP contribution in [0.25, 0.3) is 0 Å². The van der Waals surface area contributed by atoms with Crippen LogP contribution in [0.2, 0.25) is 0 Å². The molecule has 6 atom stereocenters. The third-order valence-electron chi connectivity index (χ3n) is 13.7. The lowest BCUT2D eigenvalue weighted by Crippen LogP contribution is -2.70. The van der Waals surface area contributed by atoms with Gasteiger partial charge in [-0.1, -0.05) is 94.9 Å². The van der Waals surface area contributed by atoms with E-state index in [1.165, 1.54) is 74.1 Å². The first-order valence-corrected chi connectivity index (χ1v) is 26.4. The quantitative estimate of drug-likeness (QED) is 0.0232. The number of amides is 2. The van der Waals surface area contributed by atoms with Crippen LogP contribution in [-0.4, -0.2) is 113 Å². The number of hydrogen-bond acceptors (Lipinski definition) is 14. The summed E-state index contributed by atoms with van der Waals surface area (Å²) < 4.78 is 32.1. The van der Waals surface area contributed by atoms with Crippen molar-refractivity contribution in [2.24, 2.45) is 22.9 Å². The molecule has 2 aromatic carbocycles. The first-order chi connectivity index (χ1) is 34.8. The Bertz CT molecular complexity index is 2070. The van der Waals surface area contributed by atoms with E-state index in [9.17, 15) is 35.0 Å². The number of allylic oxidation sites excluding steroid dienone is 1. The number of nitrogens with zero attached hydrogens (tertiary/aromatic N) is 3. The number of nitrogens with one attached hydrogen (secondary N) is 1. The normalized spacial score (nSPS) is 21.7. The fourth-order valence-corrected chi connectivity index (χ4v) is 10.3. The molecule has 17 nitrogen and oxygen atoms in total. The minimum absolute atomic E-state index is 0.00900. The van der Waals surface area contributed by atoms with Gasteiger partial charge in [0.1, 0.15) is 28.9 Å². The molecule has 2 amide bonds. The maximum absolute atomic E-state index is 14.8. The van der Waals surface area contributed by atoms with Crippen molar-refractivity contribution in [3.63, 3.8) is 0 Å². The van der Waals surface area contributed by atoms with E-state index >= 15 is 0 Å². The average Bonchev–Trinajstić information content (AvgIpc) is 3.35. The number of hydrogen-bond donors (Lipinski definition) is 4. The van der Waals surface area contributed by atoms with Crippen LogP contribution in [0.5, 0.6) is 17.2 Å². The van der Waals surface area contributed by atoms with Crippen molar-refractivity contribution in [1.29, 1.82) is 0 Å². The summed E-state index contributed by atoms with van der Waals surface area (Å²) in [5, 5.41) is 48.9. The lowest BCUT2D eigenvalue weighted by Gasteiger charge is -2.59. The molecule has 1 heterocycles. The molecular formula is C55H82N4O13. The minimum atomic E-state index is -1.65. The van der Waals surface area contributed by atoms with Crippen molar-refractivity contribution in [2.75, 3.05) is 52.7 Å². The largest absolute Gasteiger partial charge is 0.459 e. The van der Waals surface area contributed by atoms with Gasteiger partial charge >= 0.3 is 12.2 Å². The second kappa shape index (κ2) is 29.6. The Morgan fingerprint density at radius 1 is 0.889 bits per heavy atom. The molecule has 0 saturated heterocycles. The lowest BCUT2D eigenvalue weighted by atomic mass is 9.55. The van der Waals surface area contributed by atoms with Crippen LogP contribution in [0.1, 0.15) is 148 Å². The van der Waals surface area contributed by atoms with E-state index in [1.54, 1.807) is 18.2 Å². The van der Waals surface area contributed by atoms with Gasteiger partial charge in [0.2, 0.25) is 5.79 Å². The van der Waals surface area contributed by atoms with Crippen LogP contribution in [0.3, 0.4) is 0 Å². The number of benzene rings is 2. The highest BCUT2D eigenvalue weighted by Gasteiger charge is 2.66. The van der Waals surface area contributed by atoms with Gasteiger partial charge in [-0.25, -0.2) is 9.59 Å². The molecule has 17 heteroatoms. The van der Waals surface area contributed by atoms with E-state index in [2.05, 4.69) is 24.9 Å². The van der Waals surface area contributed by atoms with E-state index in [4.69, 9.17) is 33.7 Å². The lowest BCUT2D eigenvalue weighted by molar-refractivity contribution is -0.384. The highest BCUT2D eigenvalue weighted by Crippen LogP contribution is 2.62. The SMILES string of the molecule is C=CCO[C@@]12Oc3ccc(OC(=O)NCCCCCCCCCCCC)cc3[C@H]3[C@H](CCCCO)[C@@H](CCCCO)C=C(C(=NOC(C)(C)C)C[C@@H]1N(CCOCCO)C(=O)Oc1ccc([N+](=O)[O-])cc1)[C@H]32. The molecule has 400 valence electrons. The Balaban J connectivity index is 1.60. The number of rotatable bonds is 32. The second-order valence-corrected chi connectivity index (χ2v) is 20.1. The molecule has 0 radical (unpaired) electrons. The average molecular weight is 1010 g/mol. The molecule has 0 unspecified atom stereocenters. The third kappa shape index (κ3) is 16.5. The van der Waals surface area contributed by atoms with Crippen molar-refractivity contribution < 1.29 is 58.4 Å². The summed E-state index contributed by atoms with van der Waals surface area (Å²) in [5.74, 6) is -2.03. The van der Waals surface area contributed by atoms with Gasteiger partial charge in [0.15, 0.2) is 0 Å². The van der Waals surface area contributed by atoms with Crippen molar-refractivity contribution in [3.8, 4) is 17.2 Å². The summed E-state index contributed by atoms with van der Waals surface area (Å²) in [6, 6.07) is 9.53. The number of carbonyl (C=O) groups excluding carboxylic acids is 2. The summed E-state index contributed by atoms with van der Waals surface area (Å²) in [6.07, 6.45) is 18.4. The van der Waals surface area contributed by atoms with Crippen molar-refractivity contribution in [3.05, 3.63) is 82.4 Å². The standard InChI is InChI=1S/C55H82N4O13/c1-6-8-9-10-11-12-13-14-15-18-29-56-52(63)69-43-27-28-48-46(38-43)50-44(22-17-20-32-61)40(21-16-19-31-60)37-45-47(57-72-54(3,4)5)39-49(55(71-48,51(45)50)68-34-7-2)58(30-35-67-36-33-62)53(64)70-42-25-23-41(24-26-42)59(65)66/h7,23-28,37-38,40,44,49-51,60-62H,2,6,8-22,29-36,39H2,1,3-5H3,(H,56,63)/t40-,44+,49-,50+,51+,55+/m0/s1. The number of ether oxygens (including phenoxy) is 5. The summed E-state index contributed by atoms with van der Waals surface area (Å²) in [5.41, 5.74) is 1.25. The molecule has 0 spiro atoms. The zero-order valence-electron chi connectivity index (χ0n) is 43.2. The van der Waals surface area contributed by atoms with Crippen LogP contribution >= 0.6 is 0 Å². The van der Waals surface area contributed by atoms with Crippen LogP contribution < -0.4 is 19.5 Å². The van der Waals surface area contributed by atoms with Gasteiger partial charge in [-0.2, -0.15) is 0 Å².